The lowest BCUT2D eigenvalue weighted by Gasteiger charge is -1.96. The molecule has 1 aromatic heterocycles. The average Bonchev–Trinajstić information content (AvgIpc) is 2.05. The number of rotatable bonds is 2. The molecule has 4 nitrogen and oxygen atoms in total. The summed E-state index contributed by atoms with van der Waals surface area (Å²) in [5.41, 5.74) is 0.364. The van der Waals surface area contributed by atoms with Gasteiger partial charge in [0.2, 0.25) is 0 Å². The fraction of sp³-hybridized carbons (Fsp3) is 0.167. The lowest BCUT2D eigenvalue weighted by molar-refractivity contribution is -0.385. The minimum absolute atomic E-state index is 0.102. The third-order valence-corrected chi connectivity index (χ3v) is 1.88. The molecule has 12 heavy (non-hydrogen) atoms. The summed E-state index contributed by atoms with van der Waals surface area (Å²) in [6.07, 6.45) is 1.10. The summed E-state index contributed by atoms with van der Waals surface area (Å²) in [5, 5.41) is 10.5. The molecule has 0 saturated carbocycles. The molecule has 1 rings (SSSR count). The van der Waals surface area contributed by atoms with E-state index in [4.69, 9.17) is 23.2 Å². The Balaban J connectivity index is 3.13. The van der Waals surface area contributed by atoms with E-state index in [1.165, 1.54) is 6.07 Å². The molecule has 1 heterocycles. The second-order valence-electron chi connectivity index (χ2n) is 2.03. The van der Waals surface area contributed by atoms with Crippen molar-refractivity contribution in [3.63, 3.8) is 0 Å². The molecule has 0 unspecified atom stereocenters. The van der Waals surface area contributed by atoms with Gasteiger partial charge in [0.15, 0.2) is 0 Å². The Morgan fingerprint density at radius 1 is 1.67 bits per heavy atom. The van der Waals surface area contributed by atoms with Crippen LogP contribution in [0, 0.1) is 10.1 Å². The van der Waals surface area contributed by atoms with E-state index in [2.05, 4.69) is 4.98 Å². The summed E-state index contributed by atoms with van der Waals surface area (Å²) in [6, 6.07) is 1.31. The van der Waals surface area contributed by atoms with E-state index in [1.54, 1.807) is 0 Å². The smallest absolute Gasteiger partial charge is 0.258 e. The Morgan fingerprint density at radius 3 is 2.83 bits per heavy atom. The molecule has 0 aliphatic rings. The Hall–Kier alpha value is -0.870. The Bertz CT molecular complexity index is 316. The maximum Gasteiger partial charge on any atom is 0.287 e. The van der Waals surface area contributed by atoms with E-state index in [-0.39, 0.29) is 16.7 Å². The van der Waals surface area contributed by atoms with Gasteiger partial charge < -0.3 is 0 Å². The molecular formula is C6H4Cl2N2O2. The molecule has 0 spiro atoms. The van der Waals surface area contributed by atoms with E-state index in [0.717, 1.165) is 6.20 Å². The predicted molar refractivity (Wildman–Crippen MR) is 45.5 cm³/mol. The van der Waals surface area contributed by atoms with Crippen LogP contribution >= 0.6 is 23.2 Å². The van der Waals surface area contributed by atoms with Gasteiger partial charge in [0.05, 0.1) is 10.8 Å². The van der Waals surface area contributed by atoms with Gasteiger partial charge in [-0.2, -0.15) is 0 Å². The van der Waals surface area contributed by atoms with Crippen molar-refractivity contribution in [1.82, 2.24) is 4.98 Å². The molecule has 1 aromatic rings. The first-order valence-electron chi connectivity index (χ1n) is 3.00. The van der Waals surface area contributed by atoms with Gasteiger partial charge >= 0.3 is 0 Å². The third kappa shape index (κ3) is 1.84. The number of hydrogen-bond acceptors (Lipinski definition) is 3. The van der Waals surface area contributed by atoms with E-state index in [0.29, 0.717) is 5.56 Å². The molecule has 0 saturated heterocycles. The summed E-state index contributed by atoms with van der Waals surface area (Å²) < 4.78 is 0. The molecule has 0 fully saturated rings. The van der Waals surface area contributed by atoms with Crippen molar-refractivity contribution >= 4 is 28.9 Å². The van der Waals surface area contributed by atoms with Crippen LogP contribution in [-0.4, -0.2) is 9.91 Å². The SMILES string of the molecule is O=[N+]([O-])c1cnc(Cl)c(CCl)c1. The number of alkyl halides is 1. The van der Waals surface area contributed by atoms with Crippen molar-refractivity contribution in [3.05, 3.63) is 33.1 Å². The van der Waals surface area contributed by atoms with Gasteiger partial charge in [-0.15, -0.1) is 11.6 Å². The van der Waals surface area contributed by atoms with Crippen LogP contribution in [0.3, 0.4) is 0 Å². The number of halogens is 2. The summed E-state index contributed by atoms with van der Waals surface area (Å²) in [6.45, 7) is 0. The zero-order chi connectivity index (χ0) is 9.14. The second-order valence-corrected chi connectivity index (χ2v) is 2.66. The topological polar surface area (TPSA) is 56.0 Å². The summed E-state index contributed by atoms with van der Waals surface area (Å²) >= 11 is 11.0. The first-order valence-corrected chi connectivity index (χ1v) is 3.91. The van der Waals surface area contributed by atoms with E-state index in [1.807, 2.05) is 0 Å². The van der Waals surface area contributed by atoms with E-state index < -0.39 is 4.92 Å². The minimum atomic E-state index is -0.542. The Morgan fingerprint density at radius 2 is 2.33 bits per heavy atom. The lowest BCUT2D eigenvalue weighted by atomic mass is 10.3. The molecule has 0 aliphatic heterocycles. The highest BCUT2D eigenvalue weighted by molar-refractivity contribution is 6.31. The number of pyridine rings is 1. The Labute approximate surface area is 78.3 Å². The number of nitrogens with zero attached hydrogens (tertiary/aromatic N) is 2. The molecular weight excluding hydrogens is 203 g/mol. The van der Waals surface area contributed by atoms with Crippen LogP contribution < -0.4 is 0 Å². The van der Waals surface area contributed by atoms with Crippen LogP contribution in [0.2, 0.25) is 5.15 Å². The molecule has 0 N–H and O–H groups in total. The predicted octanol–water partition coefficient (Wildman–Crippen LogP) is 2.38. The molecule has 0 radical (unpaired) electrons. The van der Waals surface area contributed by atoms with Crippen molar-refractivity contribution in [1.29, 1.82) is 0 Å². The average molecular weight is 207 g/mol. The van der Waals surface area contributed by atoms with Crippen LogP contribution in [-0.2, 0) is 5.88 Å². The van der Waals surface area contributed by atoms with Gasteiger partial charge in [0.25, 0.3) is 5.69 Å². The number of nitro groups is 1. The molecule has 0 aromatic carbocycles. The fourth-order valence-corrected chi connectivity index (χ4v) is 1.12. The first-order chi connectivity index (χ1) is 5.65. The van der Waals surface area contributed by atoms with Crippen LogP contribution in [0.25, 0.3) is 0 Å². The van der Waals surface area contributed by atoms with Crippen LogP contribution in [0.15, 0.2) is 12.3 Å². The van der Waals surface area contributed by atoms with Crippen molar-refractivity contribution in [2.24, 2.45) is 0 Å². The normalized spacial score (nSPS) is 9.83. The van der Waals surface area contributed by atoms with Gasteiger partial charge in [-0.3, -0.25) is 10.1 Å². The zero-order valence-electron chi connectivity index (χ0n) is 5.83. The highest BCUT2D eigenvalue weighted by Gasteiger charge is 2.09. The summed E-state index contributed by atoms with van der Waals surface area (Å²) in [7, 11) is 0. The largest absolute Gasteiger partial charge is 0.287 e. The van der Waals surface area contributed by atoms with E-state index >= 15 is 0 Å². The van der Waals surface area contributed by atoms with Crippen molar-refractivity contribution in [2.45, 2.75) is 5.88 Å². The molecule has 0 aliphatic carbocycles. The molecule has 0 bridgehead atoms. The lowest BCUT2D eigenvalue weighted by Crippen LogP contribution is -1.92. The third-order valence-electron chi connectivity index (χ3n) is 1.25. The van der Waals surface area contributed by atoms with Crippen LogP contribution in [0.5, 0.6) is 0 Å². The van der Waals surface area contributed by atoms with Crippen molar-refractivity contribution < 1.29 is 4.92 Å². The molecule has 0 atom stereocenters. The van der Waals surface area contributed by atoms with Gasteiger partial charge in [-0.1, -0.05) is 11.6 Å². The minimum Gasteiger partial charge on any atom is -0.258 e. The molecule has 0 amide bonds. The first kappa shape index (κ1) is 9.22. The summed E-state index contributed by atoms with van der Waals surface area (Å²) in [4.78, 5) is 13.3. The van der Waals surface area contributed by atoms with Gasteiger partial charge in [0.1, 0.15) is 11.3 Å². The van der Waals surface area contributed by atoms with Gasteiger partial charge in [0, 0.05) is 11.6 Å². The van der Waals surface area contributed by atoms with Crippen LogP contribution in [0.4, 0.5) is 5.69 Å². The second kappa shape index (κ2) is 3.69. The van der Waals surface area contributed by atoms with Crippen molar-refractivity contribution in [3.8, 4) is 0 Å². The molecule has 64 valence electrons. The van der Waals surface area contributed by atoms with Gasteiger partial charge in [-0.05, 0) is 0 Å². The quantitative estimate of drug-likeness (QED) is 0.323. The zero-order valence-corrected chi connectivity index (χ0v) is 7.34. The maximum absolute atomic E-state index is 10.3. The summed E-state index contributed by atoms with van der Waals surface area (Å²) in [5.74, 6) is 0.119. The van der Waals surface area contributed by atoms with Crippen LogP contribution in [0.1, 0.15) is 5.56 Å². The molecule has 6 heteroatoms. The number of hydrogen-bond donors (Lipinski definition) is 0. The highest BCUT2D eigenvalue weighted by Crippen LogP contribution is 2.20. The van der Waals surface area contributed by atoms with E-state index in [9.17, 15) is 10.1 Å². The number of aromatic nitrogens is 1. The maximum atomic E-state index is 10.3. The monoisotopic (exact) mass is 206 g/mol. The highest BCUT2D eigenvalue weighted by atomic mass is 35.5. The fourth-order valence-electron chi connectivity index (χ4n) is 0.675. The van der Waals surface area contributed by atoms with Crippen molar-refractivity contribution in [2.75, 3.05) is 0 Å². The van der Waals surface area contributed by atoms with Gasteiger partial charge in [-0.25, -0.2) is 4.98 Å². The Kier molecular flexibility index (Phi) is 2.83. The standard InChI is InChI=1S/C6H4Cl2N2O2/c7-2-4-1-5(10(11)12)3-9-6(4)8/h1,3H,2H2.